The highest BCUT2D eigenvalue weighted by Gasteiger charge is 2.54. The van der Waals surface area contributed by atoms with E-state index in [9.17, 15) is 14.4 Å². The molecule has 0 saturated carbocycles. The highest BCUT2D eigenvalue weighted by molar-refractivity contribution is 8.77. The van der Waals surface area contributed by atoms with Crippen molar-refractivity contribution >= 4 is 60.9 Å². The molecule has 222 valence electrons. The van der Waals surface area contributed by atoms with E-state index in [1.165, 1.54) is 37.8 Å². The van der Waals surface area contributed by atoms with Crippen LogP contribution < -0.4 is 14.8 Å². The predicted octanol–water partition coefficient (Wildman–Crippen LogP) is 5.47. The number of hydrogen-bond acceptors (Lipinski definition) is 10. The van der Waals surface area contributed by atoms with Crippen LogP contribution in [0.3, 0.4) is 0 Å². The van der Waals surface area contributed by atoms with Crippen molar-refractivity contribution in [2.24, 2.45) is 0 Å². The van der Waals surface area contributed by atoms with Crippen molar-refractivity contribution in [3.8, 4) is 11.5 Å². The van der Waals surface area contributed by atoms with Crippen LogP contribution in [0.25, 0.3) is 10.2 Å². The van der Waals surface area contributed by atoms with Gasteiger partial charge in [0.05, 0.1) is 17.3 Å². The minimum absolute atomic E-state index is 0.0177. The van der Waals surface area contributed by atoms with Crippen molar-refractivity contribution in [1.29, 1.82) is 0 Å². The summed E-state index contributed by atoms with van der Waals surface area (Å²) >= 11 is 1.53. The molecule has 0 radical (unpaired) electrons. The molecule has 1 N–H and O–H groups in total. The number of β-lactam (4-membered cyclic amide) rings is 1. The van der Waals surface area contributed by atoms with Crippen LogP contribution >= 0.6 is 32.9 Å². The third-order valence-corrected chi connectivity index (χ3v) is 10.5. The second kappa shape index (κ2) is 14.0. The fraction of sp³-hybridized carbons (Fsp3) is 0.226. The van der Waals surface area contributed by atoms with E-state index in [2.05, 4.69) is 16.9 Å². The van der Waals surface area contributed by atoms with E-state index in [0.717, 1.165) is 20.1 Å². The smallest absolute Gasteiger partial charge is 0.333 e. The van der Waals surface area contributed by atoms with E-state index >= 15 is 0 Å². The zero-order valence-electron chi connectivity index (χ0n) is 23.4. The molecule has 3 atom stereocenters. The number of para-hydroxylation sites is 2. The average molecular weight is 636 g/mol. The first-order valence-electron chi connectivity index (χ1n) is 13.3. The summed E-state index contributed by atoms with van der Waals surface area (Å²) in [6.07, 6.45) is 0. The summed E-state index contributed by atoms with van der Waals surface area (Å²) in [5.41, 5.74) is 2.09. The standard InChI is InChI=1S/C31H29N3O6S3/c1-19(2)27(30(37)40-17-20-13-15-21(38-3)16-14-20)34-28(36)26(33-25(35)18-39-22-9-5-4-6-10-22)29(34)42-43-31-32-23-11-7-8-12-24(23)41-31/h4-16,26-27,29H,1,17-18H2,2-3H3,(H,33,35). The molecule has 12 heteroatoms. The van der Waals surface area contributed by atoms with Crippen LogP contribution in [0.2, 0.25) is 0 Å². The van der Waals surface area contributed by atoms with E-state index in [1.54, 1.807) is 62.6 Å². The van der Waals surface area contributed by atoms with Crippen molar-refractivity contribution in [1.82, 2.24) is 15.2 Å². The average Bonchev–Trinajstić information content (AvgIpc) is 3.45. The number of hydrogen-bond donors (Lipinski definition) is 1. The van der Waals surface area contributed by atoms with Gasteiger partial charge in [-0.1, -0.05) is 59.8 Å². The van der Waals surface area contributed by atoms with Crippen LogP contribution in [0, 0.1) is 0 Å². The number of amides is 2. The summed E-state index contributed by atoms with van der Waals surface area (Å²) in [7, 11) is 4.30. The van der Waals surface area contributed by atoms with Gasteiger partial charge in [-0.25, -0.2) is 9.78 Å². The zero-order chi connectivity index (χ0) is 30.3. The summed E-state index contributed by atoms with van der Waals surface area (Å²) in [6.45, 7) is 5.41. The van der Waals surface area contributed by atoms with Crippen LogP contribution in [0.15, 0.2) is 95.4 Å². The maximum absolute atomic E-state index is 13.5. The number of thiazole rings is 1. The quantitative estimate of drug-likeness (QED) is 0.0887. The third-order valence-electron chi connectivity index (χ3n) is 6.51. The Morgan fingerprint density at radius 2 is 1.77 bits per heavy atom. The molecule has 1 aromatic heterocycles. The van der Waals surface area contributed by atoms with E-state index in [1.807, 2.05) is 30.3 Å². The predicted molar refractivity (Wildman–Crippen MR) is 169 cm³/mol. The highest BCUT2D eigenvalue weighted by atomic mass is 33.1. The van der Waals surface area contributed by atoms with Gasteiger partial charge < -0.3 is 24.4 Å². The van der Waals surface area contributed by atoms with Gasteiger partial charge in [0.1, 0.15) is 29.5 Å². The second-order valence-corrected chi connectivity index (χ2v) is 13.2. The molecule has 3 unspecified atom stereocenters. The topological polar surface area (TPSA) is 107 Å². The number of esters is 1. The molecule has 2 heterocycles. The Kier molecular flexibility index (Phi) is 9.90. The Hall–Kier alpha value is -4.00. The fourth-order valence-corrected chi connectivity index (χ4v) is 8.32. The molecule has 3 aromatic carbocycles. The number of ether oxygens (including phenoxy) is 3. The molecule has 2 amide bonds. The Morgan fingerprint density at radius 3 is 2.47 bits per heavy atom. The van der Waals surface area contributed by atoms with Crippen molar-refractivity contribution in [2.75, 3.05) is 13.7 Å². The number of rotatable bonds is 13. The molecule has 1 saturated heterocycles. The summed E-state index contributed by atoms with van der Waals surface area (Å²) in [5.74, 6) is -0.243. The number of nitrogens with one attached hydrogen (secondary N) is 1. The fourth-order valence-electron chi connectivity index (χ4n) is 4.36. The number of likely N-dealkylation sites (tertiary alicyclic amines) is 1. The molecule has 1 aliphatic rings. The molecule has 1 fully saturated rings. The lowest BCUT2D eigenvalue weighted by molar-refractivity contribution is -0.163. The molecule has 1 aliphatic heterocycles. The van der Waals surface area contributed by atoms with Crippen LogP contribution in [0.1, 0.15) is 12.5 Å². The lowest BCUT2D eigenvalue weighted by atomic mass is 9.99. The van der Waals surface area contributed by atoms with Gasteiger partial charge in [0.25, 0.3) is 5.91 Å². The molecular weight excluding hydrogens is 607 g/mol. The van der Waals surface area contributed by atoms with Crippen LogP contribution in [-0.4, -0.2) is 58.8 Å². The summed E-state index contributed by atoms with van der Waals surface area (Å²) in [6, 6.07) is 22.0. The molecule has 43 heavy (non-hydrogen) atoms. The lowest BCUT2D eigenvalue weighted by Gasteiger charge is -2.49. The molecule has 5 rings (SSSR count). The molecule has 0 bridgehead atoms. The molecular formula is C31H29N3O6S3. The first kappa shape index (κ1) is 30.5. The number of aromatic nitrogens is 1. The first-order chi connectivity index (χ1) is 20.8. The Balaban J connectivity index is 1.30. The highest BCUT2D eigenvalue weighted by Crippen LogP contribution is 2.45. The SMILES string of the molecule is C=C(C)C(C(=O)OCc1ccc(OC)cc1)N1C(=O)C(NC(=O)COc2ccccc2)C1SSc1nc2ccccc2s1. The summed E-state index contributed by atoms with van der Waals surface area (Å²) in [5, 5.41) is 2.18. The summed E-state index contributed by atoms with van der Waals surface area (Å²) in [4.78, 5) is 45.7. The Bertz CT molecular complexity index is 1580. The van der Waals surface area contributed by atoms with E-state index in [-0.39, 0.29) is 13.2 Å². The third kappa shape index (κ3) is 7.32. The van der Waals surface area contributed by atoms with Gasteiger partial charge in [-0.3, -0.25) is 9.59 Å². The molecule has 0 aliphatic carbocycles. The van der Waals surface area contributed by atoms with Gasteiger partial charge in [0.15, 0.2) is 17.0 Å². The van der Waals surface area contributed by atoms with Gasteiger partial charge in [-0.2, -0.15) is 0 Å². The van der Waals surface area contributed by atoms with E-state index in [4.69, 9.17) is 14.2 Å². The number of nitrogens with zero attached hydrogens (tertiary/aromatic N) is 2. The normalized spacial score (nSPS) is 16.7. The number of benzene rings is 3. The van der Waals surface area contributed by atoms with Gasteiger partial charge in [0, 0.05) is 0 Å². The Morgan fingerprint density at radius 1 is 1.05 bits per heavy atom. The first-order valence-corrected chi connectivity index (χ1v) is 16.3. The Labute approximate surface area is 261 Å². The number of methoxy groups -OCH3 is 1. The molecule has 9 nitrogen and oxygen atoms in total. The van der Waals surface area contributed by atoms with E-state index < -0.39 is 35.2 Å². The lowest BCUT2D eigenvalue weighted by Crippen LogP contribution is -2.73. The number of carbonyl (C=O) groups excluding carboxylic acids is 3. The van der Waals surface area contributed by atoms with E-state index in [0.29, 0.717) is 17.1 Å². The maximum Gasteiger partial charge on any atom is 0.333 e. The monoisotopic (exact) mass is 635 g/mol. The molecule has 0 spiro atoms. The van der Waals surface area contributed by atoms with Crippen molar-refractivity contribution in [2.45, 2.75) is 35.3 Å². The van der Waals surface area contributed by atoms with Gasteiger partial charge in [-0.15, -0.1) is 11.3 Å². The largest absolute Gasteiger partial charge is 0.497 e. The van der Waals surface area contributed by atoms with Crippen molar-refractivity contribution < 1.29 is 28.6 Å². The number of fused-ring (bicyclic) bond motifs is 1. The van der Waals surface area contributed by atoms with Gasteiger partial charge in [0.2, 0.25) is 5.91 Å². The minimum Gasteiger partial charge on any atom is -0.497 e. The second-order valence-electron chi connectivity index (χ2n) is 9.61. The van der Waals surface area contributed by atoms with Gasteiger partial charge in [-0.05, 0) is 65.3 Å². The number of carbonyl (C=O) groups is 3. The maximum atomic E-state index is 13.5. The van der Waals surface area contributed by atoms with Crippen LogP contribution in [0.5, 0.6) is 11.5 Å². The summed E-state index contributed by atoms with van der Waals surface area (Å²) < 4.78 is 18.2. The zero-order valence-corrected chi connectivity index (χ0v) is 25.9. The van der Waals surface area contributed by atoms with Crippen LogP contribution in [0.4, 0.5) is 0 Å². The van der Waals surface area contributed by atoms with Crippen LogP contribution in [-0.2, 0) is 25.7 Å². The van der Waals surface area contributed by atoms with Crippen molar-refractivity contribution in [3.63, 3.8) is 0 Å². The van der Waals surface area contributed by atoms with Crippen molar-refractivity contribution in [3.05, 3.63) is 96.6 Å². The molecule has 4 aromatic rings. The minimum atomic E-state index is -1.03. The van der Waals surface area contributed by atoms with Gasteiger partial charge >= 0.3 is 5.97 Å².